The Labute approximate surface area is 128 Å². The number of aliphatic hydroxyl groups excluding tert-OH is 2. The molecule has 5 heteroatoms. The van der Waals surface area contributed by atoms with Crippen molar-refractivity contribution in [3.8, 4) is 11.5 Å². The Morgan fingerprint density at radius 1 is 0.818 bits per heavy atom. The van der Waals surface area contributed by atoms with Crippen LogP contribution in [0.1, 0.15) is 22.3 Å². The monoisotopic (exact) mass is 302 g/mol. The maximum Gasteiger partial charge on any atom is 0.519 e. The van der Waals surface area contributed by atoms with Crippen LogP contribution in [0.5, 0.6) is 11.5 Å². The minimum Gasteiger partial charge on any atom is -0.395 e. The number of benzene rings is 2. The zero-order valence-electron chi connectivity index (χ0n) is 12.5. The van der Waals surface area contributed by atoms with Crippen LogP contribution in [0.4, 0.5) is 4.79 Å². The Kier molecular flexibility index (Phi) is 5.14. The van der Waals surface area contributed by atoms with Crippen LogP contribution >= 0.6 is 0 Å². The maximum atomic E-state index is 11.8. The summed E-state index contributed by atoms with van der Waals surface area (Å²) in [5, 5.41) is 18.3. The van der Waals surface area contributed by atoms with Gasteiger partial charge in [0.2, 0.25) is 0 Å². The van der Waals surface area contributed by atoms with E-state index in [1.807, 2.05) is 13.8 Å². The smallest absolute Gasteiger partial charge is 0.395 e. The molecule has 0 atom stereocenters. The SMILES string of the molecule is Cc1cc(CO)cc(OC(=O)Oc2cc(C)cc(CO)c2)c1. The van der Waals surface area contributed by atoms with Gasteiger partial charge in [-0.25, -0.2) is 4.79 Å². The van der Waals surface area contributed by atoms with Gasteiger partial charge in [-0.3, -0.25) is 0 Å². The molecule has 2 aromatic carbocycles. The van der Waals surface area contributed by atoms with E-state index in [1.54, 1.807) is 36.4 Å². The van der Waals surface area contributed by atoms with Crippen LogP contribution in [0, 0.1) is 13.8 Å². The van der Waals surface area contributed by atoms with Crippen LogP contribution in [-0.4, -0.2) is 16.4 Å². The molecule has 0 saturated carbocycles. The molecule has 0 heterocycles. The maximum absolute atomic E-state index is 11.8. The molecule has 5 nitrogen and oxygen atoms in total. The van der Waals surface area contributed by atoms with Crippen molar-refractivity contribution in [2.75, 3.05) is 0 Å². The second kappa shape index (κ2) is 7.06. The fraction of sp³-hybridized carbons (Fsp3) is 0.235. The molecular weight excluding hydrogens is 284 g/mol. The van der Waals surface area contributed by atoms with Gasteiger partial charge in [0.05, 0.1) is 13.2 Å². The van der Waals surface area contributed by atoms with E-state index in [9.17, 15) is 4.79 Å². The van der Waals surface area contributed by atoms with Crippen LogP contribution in [0.25, 0.3) is 0 Å². The van der Waals surface area contributed by atoms with Crippen molar-refractivity contribution in [2.24, 2.45) is 0 Å². The van der Waals surface area contributed by atoms with E-state index in [0.29, 0.717) is 22.6 Å². The molecule has 116 valence electrons. The van der Waals surface area contributed by atoms with Gasteiger partial charge >= 0.3 is 6.16 Å². The normalized spacial score (nSPS) is 10.4. The molecule has 0 aromatic heterocycles. The molecule has 22 heavy (non-hydrogen) atoms. The predicted octanol–water partition coefficient (Wildman–Crippen LogP) is 2.87. The Hall–Kier alpha value is -2.37. The molecule has 0 spiro atoms. The van der Waals surface area contributed by atoms with Gasteiger partial charge in [0.1, 0.15) is 11.5 Å². The highest BCUT2D eigenvalue weighted by atomic mass is 16.7. The summed E-state index contributed by atoms with van der Waals surface area (Å²) in [5.41, 5.74) is 3.04. The summed E-state index contributed by atoms with van der Waals surface area (Å²) in [4.78, 5) is 11.8. The van der Waals surface area contributed by atoms with Gasteiger partial charge in [-0.1, -0.05) is 12.1 Å². The van der Waals surface area contributed by atoms with Gasteiger partial charge in [-0.2, -0.15) is 0 Å². The first-order valence-electron chi connectivity index (χ1n) is 6.82. The minimum atomic E-state index is -0.871. The van der Waals surface area contributed by atoms with Crippen molar-refractivity contribution in [1.29, 1.82) is 0 Å². The van der Waals surface area contributed by atoms with Crippen LogP contribution in [0.3, 0.4) is 0 Å². The van der Waals surface area contributed by atoms with Crippen LogP contribution in [-0.2, 0) is 13.2 Å². The fourth-order valence-electron chi connectivity index (χ4n) is 2.16. The number of aryl methyl sites for hydroxylation is 2. The fourth-order valence-corrected chi connectivity index (χ4v) is 2.16. The number of hydrogen-bond acceptors (Lipinski definition) is 5. The highest BCUT2D eigenvalue weighted by Gasteiger charge is 2.10. The van der Waals surface area contributed by atoms with Gasteiger partial charge in [-0.15, -0.1) is 0 Å². The summed E-state index contributed by atoms with van der Waals surface area (Å²) in [6.07, 6.45) is -0.871. The molecule has 0 saturated heterocycles. The van der Waals surface area contributed by atoms with Crippen LogP contribution < -0.4 is 9.47 Å². The lowest BCUT2D eigenvalue weighted by Crippen LogP contribution is -2.14. The molecule has 2 N–H and O–H groups in total. The lowest BCUT2D eigenvalue weighted by molar-refractivity contribution is 0.151. The zero-order chi connectivity index (χ0) is 16.1. The van der Waals surface area contributed by atoms with Crippen LogP contribution in [0.15, 0.2) is 36.4 Å². The van der Waals surface area contributed by atoms with E-state index in [2.05, 4.69) is 0 Å². The second-order valence-corrected chi connectivity index (χ2v) is 5.08. The van der Waals surface area contributed by atoms with Gasteiger partial charge < -0.3 is 19.7 Å². The van der Waals surface area contributed by atoms with Crippen molar-refractivity contribution in [3.05, 3.63) is 58.7 Å². The summed E-state index contributed by atoms with van der Waals surface area (Å²) >= 11 is 0. The van der Waals surface area contributed by atoms with Crippen molar-refractivity contribution in [3.63, 3.8) is 0 Å². The number of aliphatic hydroxyl groups is 2. The first-order chi connectivity index (χ1) is 10.5. The third-order valence-electron chi connectivity index (χ3n) is 2.99. The Bertz CT molecular complexity index is 621. The third kappa shape index (κ3) is 4.31. The first kappa shape index (κ1) is 16.0. The highest BCUT2D eigenvalue weighted by molar-refractivity contribution is 5.67. The Balaban J connectivity index is 2.10. The third-order valence-corrected chi connectivity index (χ3v) is 2.99. The summed E-state index contributed by atoms with van der Waals surface area (Å²) in [6, 6.07) is 10.1. The largest absolute Gasteiger partial charge is 0.519 e. The van der Waals surface area contributed by atoms with Gasteiger partial charge in [-0.05, 0) is 60.4 Å². The molecule has 2 rings (SSSR count). The van der Waals surface area contributed by atoms with E-state index >= 15 is 0 Å². The zero-order valence-corrected chi connectivity index (χ0v) is 12.5. The molecule has 0 unspecified atom stereocenters. The summed E-state index contributed by atoms with van der Waals surface area (Å²) in [6.45, 7) is 3.41. The lowest BCUT2D eigenvalue weighted by atomic mass is 10.1. The van der Waals surface area contributed by atoms with E-state index in [0.717, 1.165) is 11.1 Å². The van der Waals surface area contributed by atoms with Crippen molar-refractivity contribution >= 4 is 6.16 Å². The number of ether oxygens (including phenoxy) is 2. The number of carbonyl (C=O) groups excluding carboxylic acids is 1. The van der Waals surface area contributed by atoms with Crippen molar-refractivity contribution < 1.29 is 24.5 Å². The van der Waals surface area contributed by atoms with E-state index < -0.39 is 6.16 Å². The number of rotatable bonds is 4. The Morgan fingerprint density at radius 3 is 1.59 bits per heavy atom. The average Bonchev–Trinajstić information content (AvgIpc) is 2.45. The second-order valence-electron chi connectivity index (χ2n) is 5.08. The lowest BCUT2D eigenvalue weighted by Gasteiger charge is -2.09. The highest BCUT2D eigenvalue weighted by Crippen LogP contribution is 2.20. The Morgan fingerprint density at radius 2 is 1.23 bits per heavy atom. The summed E-state index contributed by atoms with van der Waals surface area (Å²) in [5.74, 6) is 0.619. The van der Waals surface area contributed by atoms with Crippen LogP contribution in [0.2, 0.25) is 0 Å². The topological polar surface area (TPSA) is 76.0 Å². The van der Waals surface area contributed by atoms with Crippen molar-refractivity contribution in [1.82, 2.24) is 0 Å². The summed E-state index contributed by atoms with van der Waals surface area (Å²) in [7, 11) is 0. The van der Waals surface area contributed by atoms with Gasteiger partial charge in [0.15, 0.2) is 0 Å². The predicted molar refractivity (Wildman–Crippen MR) is 80.9 cm³/mol. The van der Waals surface area contributed by atoms with Gasteiger partial charge in [0.25, 0.3) is 0 Å². The first-order valence-corrected chi connectivity index (χ1v) is 6.82. The molecule has 0 aliphatic carbocycles. The number of carbonyl (C=O) groups is 1. The molecular formula is C17H18O5. The molecule has 0 bridgehead atoms. The standard InChI is InChI=1S/C17H18O5/c1-11-3-13(9-18)7-15(5-11)21-17(20)22-16-6-12(2)4-14(8-16)10-19/h3-8,18-19H,9-10H2,1-2H3. The van der Waals surface area contributed by atoms with Crippen molar-refractivity contribution in [2.45, 2.75) is 27.1 Å². The van der Waals surface area contributed by atoms with Gasteiger partial charge in [0, 0.05) is 0 Å². The molecule has 0 radical (unpaired) electrons. The van der Waals surface area contributed by atoms with E-state index in [4.69, 9.17) is 19.7 Å². The quantitative estimate of drug-likeness (QED) is 0.671. The molecule has 0 fully saturated rings. The summed E-state index contributed by atoms with van der Waals surface area (Å²) < 4.78 is 10.2. The molecule has 0 aliphatic rings. The molecule has 2 aromatic rings. The molecule has 0 amide bonds. The molecule has 0 aliphatic heterocycles. The van der Waals surface area contributed by atoms with E-state index in [-0.39, 0.29) is 13.2 Å². The average molecular weight is 302 g/mol. The van der Waals surface area contributed by atoms with E-state index in [1.165, 1.54) is 0 Å². The minimum absolute atomic E-state index is 0.134. The number of hydrogen-bond donors (Lipinski definition) is 2.